The minimum atomic E-state index is -4.48. The summed E-state index contributed by atoms with van der Waals surface area (Å²) in [7, 11) is 0.427. The van der Waals surface area contributed by atoms with Gasteiger partial charge < -0.3 is 28.8 Å². The zero-order valence-electron chi connectivity index (χ0n) is 23.3. The lowest BCUT2D eigenvalue weighted by Crippen LogP contribution is -2.65. The number of nitrogens with one attached hydrogen (secondary N) is 1. The number of alkyl halides is 3. The van der Waals surface area contributed by atoms with Crippen LogP contribution < -0.4 is 10.1 Å². The predicted molar refractivity (Wildman–Crippen MR) is 136 cm³/mol. The number of hydrogen-bond acceptors (Lipinski definition) is 8. The molecule has 13 heteroatoms. The van der Waals surface area contributed by atoms with Crippen LogP contribution in [0.5, 0.6) is 5.75 Å². The number of amides is 1. The molecular formula is C27H35BF3NO8. The van der Waals surface area contributed by atoms with E-state index in [1.165, 1.54) is 20.1 Å². The van der Waals surface area contributed by atoms with E-state index < -0.39 is 62.3 Å². The molecule has 4 aliphatic rings. The molecule has 3 saturated carbocycles. The molecule has 220 valence electrons. The Labute approximate surface area is 231 Å². The summed E-state index contributed by atoms with van der Waals surface area (Å²) in [5.74, 6) is -2.23. The van der Waals surface area contributed by atoms with Gasteiger partial charge in [0.05, 0.1) is 31.2 Å². The van der Waals surface area contributed by atoms with Crippen molar-refractivity contribution in [2.24, 2.45) is 17.3 Å². The number of hydrogen-bond donors (Lipinski definition) is 1. The van der Waals surface area contributed by atoms with E-state index in [9.17, 15) is 27.6 Å². The fraction of sp³-hybridized carbons (Fsp3) is 0.667. The third-order valence-electron chi connectivity index (χ3n) is 8.69. The van der Waals surface area contributed by atoms with Gasteiger partial charge in [-0.05, 0) is 55.1 Å². The Hall–Kier alpha value is -2.80. The molecule has 5 atom stereocenters. The highest BCUT2D eigenvalue weighted by Crippen LogP contribution is 2.65. The summed E-state index contributed by atoms with van der Waals surface area (Å²) in [4.78, 5) is 36.3. The number of ether oxygens (including phenoxy) is 3. The maximum atomic E-state index is 12.8. The number of carbonyl (C=O) groups is 3. The average molecular weight is 569 g/mol. The van der Waals surface area contributed by atoms with Crippen LogP contribution in [-0.4, -0.2) is 62.7 Å². The highest BCUT2D eigenvalue weighted by atomic mass is 19.4. The van der Waals surface area contributed by atoms with Gasteiger partial charge in [-0.15, -0.1) is 0 Å². The quantitative estimate of drug-likeness (QED) is 0.256. The van der Waals surface area contributed by atoms with Crippen LogP contribution in [0, 0.1) is 17.3 Å². The first kappa shape index (κ1) is 30.2. The lowest BCUT2D eigenvalue weighted by molar-refractivity contribution is -0.199. The molecule has 40 heavy (non-hydrogen) atoms. The summed E-state index contributed by atoms with van der Waals surface area (Å²) >= 11 is 0. The molecule has 3 aliphatic carbocycles. The average Bonchev–Trinajstić information content (AvgIpc) is 3.23. The summed E-state index contributed by atoms with van der Waals surface area (Å²) in [5, 5.41) is 2.68. The van der Waals surface area contributed by atoms with Crippen molar-refractivity contribution in [2.75, 3.05) is 13.9 Å². The van der Waals surface area contributed by atoms with Gasteiger partial charge >= 0.3 is 25.2 Å². The van der Waals surface area contributed by atoms with Crippen LogP contribution in [0.2, 0.25) is 0 Å². The van der Waals surface area contributed by atoms with E-state index in [-0.39, 0.29) is 35.2 Å². The Morgan fingerprint density at radius 3 is 2.52 bits per heavy atom. The fourth-order valence-electron chi connectivity index (χ4n) is 6.45. The number of esters is 2. The number of halogens is 3. The summed E-state index contributed by atoms with van der Waals surface area (Å²) in [6, 6.07) is 4.71. The molecule has 1 aromatic carbocycles. The number of benzene rings is 1. The zero-order valence-corrected chi connectivity index (χ0v) is 23.3. The zero-order chi connectivity index (χ0) is 29.5. The molecule has 0 radical (unpaired) electrons. The minimum absolute atomic E-state index is 0.0386. The Morgan fingerprint density at radius 2 is 1.90 bits per heavy atom. The van der Waals surface area contributed by atoms with Crippen molar-refractivity contribution in [2.45, 2.75) is 83.6 Å². The first-order chi connectivity index (χ1) is 18.7. The van der Waals surface area contributed by atoms with Crippen molar-refractivity contribution in [3.8, 4) is 5.75 Å². The number of para-hydroxylation sites is 1. The fourth-order valence-corrected chi connectivity index (χ4v) is 6.45. The molecule has 9 nitrogen and oxygen atoms in total. The molecule has 2 bridgehead atoms. The first-order valence-electron chi connectivity index (χ1n) is 13.3. The third-order valence-corrected chi connectivity index (χ3v) is 8.69. The van der Waals surface area contributed by atoms with E-state index in [2.05, 4.69) is 23.9 Å². The SMILES string of the molecule is COc1c(CC(NC(=O)CCC(F)(F)F)B2OC3CC4CC(C4(C)C)C3(C)O2)cccc1C(=O)OCOC(C)=O. The lowest BCUT2D eigenvalue weighted by Gasteiger charge is -2.64. The van der Waals surface area contributed by atoms with E-state index >= 15 is 0 Å². The molecule has 1 N–H and O–H groups in total. The minimum Gasteiger partial charge on any atom is -0.496 e. The summed E-state index contributed by atoms with van der Waals surface area (Å²) in [5.41, 5.74) is -0.0170. The normalized spacial score (nSPS) is 27.2. The van der Waals surface area contributed by atoms with Crippen LogP contribution in [0.1, 0.15) is 69.3 Å². The van der Waals surface area contributed by atoms with Crippen LogP contribution in [-0.2, 0) is 34.8 Å². The van der Waals surface area contributed by atoms with Gasteiger partial charge in [0.25, 0.3) is 0 Å². The van der Waals surface area contributed by atoms with Gasteiger partial charge in [-0.3, -0.25) is 9.59 Å². The summed E-state index contributed by atoms with van der Waals surface area (Å²) in [6.07, 6.45) is -4.87. The summed E-state index contributed by atoms with van der Waals surface area (Å²) in [6.45, 7) is 7.00. The van der Waals surface area contributed by atoms with Gasteiger partial charge in [0.1, 0.15) is 11.3 Å². The molecule has 1 aromatic rings. The molecule has 1 heterocycles. The predicted octanol–water partition coefficient (Wildman–Crippen LogP) is 4.01. The molecule has 5 rings (SSSR count). The van der Waals surface area contributed by atoms with Gasteiger partial charge in [0.2, 0.25) is 12.7 Å². The number of rotatable bonds is 10. The third kappa shape index (κ3) is 6.10. The highest BCUT2D eigenvalue weighted by molar-refractivity contribution is 6.48. The van der Waals surface area contributed by atoms with Crippen molar-refractivity contribution in [3.05, 3.63) is 29.3 Å². The molecule has 5 unspecified atom stereocenters. The van der Waals surface area contributed by atoms with Crippen LogP contribution >= 0.6 is 0 Å². The van der Waals surface area contributed by atoms with Crippen molar-refractivity contribution >= 4 is 25.0 Å². The molecule has 0 aromatic heterocycles. The first-order valence-corrected chi connectivity index (χ1v) is 13.3. The highest BCUT2D eigenvalue weighted by Gasteiger charge is 2.68. The van der Waals surface area contributed by atoms with E-state index in [1.807, 2.05) is 6.92 Å². The smallest absolute Gasteiger partial charge is 0.482 e. The Kier molecular flexibility index (Phi) is 8.47. The van der Waals surface area contributed by atoms with Crippen molar-refractivity contribution < 1.29 is 51.1 Å². The van der Waals surface area contributed by atoms with E-state index in [0.717, 1.165) is 12.8 Å². The van der Waals surface area contributed by atoms with Gasteiger partial charge in [0, 0.05) is 13.3 Å². The van der Waals surface area contributed by atoms with E-state index in [1.54, 1.807) is 12.1 Å². The Balaban J connectivity index is 1.57. The second kappa shape index (κ2) is 11.2. The van der Waals surface area contributed by atoms with Crippen molar-refractivity contribution in [1.82, 2.24) is 5.32 Å². The second-order valence-corrected chi connectivity index (χ2v) is 11.5. The van der Waals surface area contributed by atoms with Gasteiger partial charge in [0.15, 0.2) is 0 Å². The van der Waals surface area contributed by atoms with Gasteiger partial charge in [-0.25, -0.2) is 4.79 Å². The van der Waals surface area contributed by atoms with Crippen LogP contribution in [0.15, 0.2) is 18.2 Å². The Bertz CT molecular complexity index is 1150. The van der Waals surface area contributed by atoms with E-state index in [4.69, 9.17) is 18.8 Å². The maximum Gasteiger partial charge on any atom is 0.482 e. The van der Waals surface area contributed by atoms with Crippen molar-refractivity contribution in [1.29, 1.82) is 0 Å². The van der Waals surface area contributed by atoms with E-state index in [0.29, 0.717) is 11.5 Å². The number of methoxy groups -OCH3 is 1. The van der Waals surface area contributed by atoms with Gasteiger partial charge in [-0.2, -0.15) is 13.2 Å². The molecule has 0 spiro atoms. The molecule has 1 saturated heterocycles. The molecule has 4 fully saturated rings. The monoisotopic (exact) mass is 569 g/mol. The molecular weight excluding hydrogens is 534 g/mol. The largest absolute Gasteiger partial charge is 0.496 e. The van der Waals surface area contributed by atoms with Crippen molar-refractivity contribution in [3.63, 3.8) is 0 Å². The lowest BCUT2D eigenvalue weighted by atomic mass is 9.43. The molecule has 1 amide bonds. The van der Waals surface area contributed by atoms with Crippen LogP contribution in [0.3, 0.4) is 0 Å². The second-order valence-electron chi connectivity index (χ2n) is 11.5. The number of carbonyl (C=O) groups excluding carboxylic acids is 3. The molecule has 1 aliphatic heterocycles. The maximum absolute atomic E-state index is 12.8. The van der Waals surface area contributed by atoms with Crippen LogP contribution in [0.4, 0.5) is 13.2 Å². The standard InChI is InChI=1S/C27H35BF3NO8/c1-15(33)37-14-38-24(35)18-8-6-7-16(23(18)36-5)11-21(32-22(34)9-10-27(29,30)31)28-39-20-13-17-12-19(25(17,2)3)26(20,4)40-28/h6-8,17,19-21H,9-14H2,1-5H3,(H,32,34). The summed E-state index contributed by atoms with van der Waals surface area (Å²) < 4.78 is 66.4. The van der Waals surface area contributed by atoms with Gasteiger partial charge in [-0.1, -0.05) is 26.0 Å². The Morgan fingerprint density at radius 1 is 1.18 bits per heavy atom. The van der Waals surface area contributed by atoms with Crippen LogP contribution in [0.25, 0.3) is 0 Å². The topological polar surface area (TPSA) is 109 Å².